The summed E-state index contributed by atoms with van der Waals surface area (Å²) in [5.74, 6) is -0.518. The lowest BCUT2D eigenvalue weighted by molar-refractivity contribution is -0.130. The van der Waals surface area contributed by atoms with Crippen molar-refractivity contribution in [1.29, 1.82) is 0 Å². The number of hydrogen-bond donors (Lipinski definition) is 1. The average Bonchev–Trinajstić information content (AvgIpc) is 3.28. The zero-order chi connectivity index (χ0) is 19.7. The van der Waals surface area contributed by atoms with Crippen LogP contribution < -0.4 is 5.32 Å². The van der Waals surface area contributed by atoms with E-state index in [4.69, 9.17) is 0 Å². The lowest BCUT2D eigenvalue weighted by Gasteiger charge is -2.19. The number of hydrogen-bond acceptors (Lipinski definition) is 3. The zero-order valence-corrected chi connectivity index (χ0v) is 15.3. The van der Waals surface area contributed by atoms with Gasteiger partial charge in [-0.3, -0.25) is 9.59 Å². The Morgan fingerprint density at radius 1 is 1.21 bits per heavy atom. The van der Waals surface area contributed by atoms with Crippen LogP contribution in [-0.2, 0) is 11.3 Å². The summed E-state index contributed by atoms with van der Waals surface area (Å²) in [6, 6.07) is 13.0. The highest BCUT2D eigenvalue weighted by molar-refractivity contribution is 5.99. The molecule has 2 heterocycles. The first-order valence-electron chi connectivity index (χ1n) is 8.94. The third-order valence-electron chi connectivity index (χ3n) is 4.84. The van der Waals surface area contributed by atoms with Gasteiger partial charge in [-0.2, -0.15) is 5.10 Å². The Kier molecular flexibility index (Phi) is 4.65. The molecule has 4 rings (SSSR count). The number of aromatic nitrogens is 2. The highest BCUT2D eigenvalue weighted by atomic mass is 19.1. The Morgan fingerprint density at radius 3 is 2.75 bits per heavy atom. The molecular weight excluding hydrogens is 359 g/mol. The average molecular weight is 378 g/mol. The molecule has 2 aromatic carbocycles. The van der Waals surface area contributed by atoms with Crippen LogP contribution in [0, 0.1) is 5.82 Å². The first kappa shape index (κ1) is 17.9. The summed E-state index contributed by atoms with van der Waals surface area (Å²) in [6.07, 6.45) is 3.69. The molecule has 0 bridgehead atoms. The van der Waals surface area contributed by atoms with Gasteiger partial charge in [-0.15, -0.1) is 0 Å². The largest absolute Gasteiger partial charge is 0.345 e. The smallest absolute Gasteiger partial charge is 0.252 e. The Bertz CT molecular complexity index is 1030. The van der Waals surface area contributed by atoms with Gasteiger partial charge in [0.15, 0.2) is 0 Å². The molecule has 1 N–H and O–H groups in total. The van der Waals surface area contributed by atoms with E-state index in [1.165, 1.54) is 12.1 Å². The molecule has 7 heteroatoms. The van der Waals surface area contributed by atoms with Crippen LogP contribution in [0.1, 0.15) is 33.9 Å². The minimum atomic E-state index is -0.305. The summed E-state index contributed by atoms with van der Waals surface area (Å²) in [6.45, 7) is 0.391. The summed E-state index contributed by atoms with van der Waals surface area (Å²) < 4.78 is 14.7. The van der Waals surface area contributed by atoms with Crippen LogP contribution in [0.3, 0.4) is 0 Å². The van der Waals surface area contributed by atoms with E-state index in [2.05, 4.69) is 10.4 Å². The quantitative estimate of drug-likeness (QED) is 0.742. The number of amides is 2. The number of halogens is 1. The molecule has 1 aromatic heterocycles. The summed E-state index contributed by atoms with van der Waals surface area (Å²) in [7, 11) is 1.72. The first-order chi connectivity index (χ1) is 13.5. The molecule has 2 amide bonds. The van der Waals surface area contributed by atoms with Gasteiger partial charge in [0.05, 0.1) is 24.3 Å². The second-order valence-electron chi connectivity index (χ2n) is 6.84. The Morgan fingerprint density at radius 2 is 1.96 bits per heavy atom. The van der Waals surface area contributed by atoms with Crippen LogP contribution in [0.4, 0.5) is 4.39 Å². The van der Waals surface area contributed by atoms with Gasteiger partial charge in [-0.1, -0.05) is 18.2 Å². The molecule has 0 spiro atoms. The molecule has 0 aliphatic carbocycles. The van der Waals surface area contributed by atoms with Crippen molar-refractivity contribution in [2.75, 3.05) is 7.05 Å². The van der Waals surface area contributed by atoms with E-state index < -0.39 is 0 Å². The van der Waals surface area contributed by atoms with Crippen molar-refractivity contribution in [3.63, 3.8) is 0 Å². The normalized spacial score (nSPS) is 15.2. The number of rotatable bonds is 5. The van der Waals surface area contributed by atoms with E-state index in [1.807, 2.05) is 24.4 Å². The van der Waals surface area contributed by atoms with E-state index in [-0.39, 0.29) is 30.1 Å². The fourth-order valence-electron chi connectivity index (χ4n) is 3.35. The standard InChI is InChI=1S/C21H19FN4O2/c1-25(12-14-11-23-26(13-14)16-8-6-15(22)7-9-16)20(27)10-19-17-4-2-3-5-18(17)21(28)24-19/h2-9,11,13,19H,10,12H2,1H3,(H,24,28)/t19-/m0/s1. The van der Waals surface area contributed by atoms with Crippen LogP contribution in [0.2, 0.25) is 0 Å². The van der Waals surface area contributed by atoms with Gasteiger partial charge >= 0.3 is 0 Å². The first-order valence-corrected chi connectivity index (χ1v) is 8.94. The van der Waals surface area contributed by atoms with E-state index in [9.17, 15) is 14.0 Å². The molecule has 0 radical (unpaired) electrons. The Labute approximate surface area is 161 Å². The van der Waals surface area contributed by atoms with Crippen molar-refractivity contribution < 1.29 is 14.0 Å². The van der Waals surface area contributed by atoms with Crippen molar-refractivity contribution in [2.24, 2.45) is 0 Å². The molecule has 1 atom stereocenters. The zero-order valence-electron chi connectivity index (χ0n) is 15.3. The van der Waals surface area contributed by atoms with Crippen molar-refractivity contribution in [1.82, 2.24) is 20.0 Å². The molecule has 6 nitrogen and oxygen atoms in total. The van der Waals surface area contributed by atoms with E-state index in [1.54, 1.807) is 41.0 Å². The maximum absolute atomic E-state index is 13.1. The molecule has 1 aliphatic rings. The minimum absolute atomic E-state index is 0.0727. The highest BCUT2D eigenvalue weighted by Crippen LogP contribution is 2.28. The number of carbonyl (C=O) groups is 2. The summed E-state index contributed by atoms with van der Waals surface area (Å²) in [4.78, 5) is 26.3. The third-order valence-corrected chi connectivity index (χ3v) is 4.84. The lowest BCUT2D eigenvalue weighted by Crippen LogP contribution is -2.30. The predicted octanol–water partition coefficient (Wildman–Crippen LogP) is 2.84. The molecule has 0 saturated carbocycles. The van der Waals surface area contributed by atoms with E-state index in [0.29, 0.717) is 12.1 Å². The van der Waals surface area contributed by atoms with Crippen LogP contribution in [0.15, 0.2) is 60.9 Å². The van der Waals surface area contributed by atoms with Gasteiger partial charge in [0.2, 0.25) is 5.91 Å². The van der Waals surface area contributed by atoms with E-state index >= 15 is 0 Å². The van der Waals surface area contributed by atoms with Crippen molar-refractivity contribution in [2.45, 2.75) is 19.0 Å². The van der Waals surface area contributed by atoms with Gasteiger partial charge in [0.25, 0.3) is 5.91 Å². The van der Waals surface area contributed by atoms with Crippen LogP contribution >= 0.6 is 0 Å². The topological polar surface area (TPSA) is 67.2 Å². The number of nitrogens with one attached hydrogen (secondary N) is 1. The predicted molar refractivity (Wildman–Crippen MR) is 101 cm³/mol. The number of nitrogens with zero attached hydrogens (tertiary/aromatic N) is 3. The molecular formula is C21H19FN4O2. The number of benzene rings is 2. The van der Waals surface area contributed by atoms with Crippen LogP contribution in [0.25, 0.3) is 5.69 Å². The fraction of sp³-hybridized carbons (Fsp3) is 0.190. The minimum Gasteiger partial charge on any atom is -0.345 e. The van der Waals surface area contributed by atoms with Gasteiger partial charge in [-0.25, -0.2) is 9.07 Å². The van der Waals surface area contributed by atoms with Gasteiger partial charge < -0.3 is 10.2 Å². The molecule has 3 aromatic rings. The summed E-state index contributed by atoms with van der Waals surface area (Å²) in [5.41, 5.74) is 3.09. The number of fused-ring (bicyclic) bond motifs is 1. The summed E-state index contributed by atoms with van der Waals surface area (Å²) >= 11 is 0. The monoisotopic (exact) mass is 378 g/mol. The van der Waals surface area contributed by atoms with Crippen molar-refractivity contribution in [3.05, 3.63) is 83.4 Å². The molecule has 142 valence electrons. The second kappa shape index (κ2) is 7.26. The van der Waals surface area contributed by atoms with E-state index in [0.717, 1.165) is 16.8 Å². The fourth-order valence-corrected chi connectivity index (χ4v) is 3.35. The van der Waals surface area contributed by atoms with Crippen molar-refractivity contribution in [3.8, 4) is 5.69 Å². The molecule has 0 saturated heterocycles. The Hall–Kier alpha value is -3.48. The third kappa shape index (κ3) is 3.51. The van der Waals surface area contributed by atoms with Crippen molar-refractivity contribution >= 4 is 11.8 Å². The summed E-state index contributed by atoms with van der Waals surface area (Å²) in [5, 5.41) is 7.14. The number of carbonyl (C=O) groups excluding carboxylic acids is 2. The van der Waals surface area contributed by atoms with Crippen LogP contribution in [0.5, 0.6) is 0 Å². The lowest BCUT2D eigenvalue weighted by atomic mass is 10.0. The SMILES string of the molecule is CN(Cc1cnn(-c2ccc(F)cc2)c1)C(=O)C[C@@H]1NC(=O)c2ccccc21. The van der Waals surface area contributed by atoms with Gasteiger partial charge in [0, 0.05) is 30.9 Å². The maximum atomic E-state index is 13.1. The molecule has 0 unspecified atom stereocenters. The van der Waals surface area contributed by atoms with Crippen LogP contribution in [-0.4, -0.2) is 33.5 Å². The maximum Gasteiger partial charge on any atom is 0.252 e. The molecule has 28 heavy (non-hydrogen) atoms. The van der Waals surface area contributed by atoms with Gasteiger partial charge in [-0.05, 0) is 35.9 Å². The molecule has 0 fully saturated rings. The highest BCUT2D eigenvalue weighted by Gasteiger charge is 2.30. The molecule has 1 aliphatic heterocycles. The van der Waals surface area contributed by atoms with Gasteiger partial charge in [0.1, 0.15) is 5.82 Å². The second-order valence-corrected chi connectivity index (χ2v) is 6.84. The Balaban J connectivity index is 1.40.